The van der Waals surface area contributed by atoms with Crippen molar-refractivity contribution in [2.24, 2.45) is 11.8 Å². The number of aryl methyl sites for hydroxylation is 1. The Morgan fingerprint density at radius 2 is 2.11 bits per heavy atom. The molecule has 1 aromatic rings. The van der Waals surface area contributed by atoms with Gasteiger partial charge in [0.05, 0.1) is 0 Å². The highest BCUT2D eigenvalue weighted by Gasteiger charge is 2.32. The van der Waals surface area contributed by atoms with Crippen LogP contribution in [-0.2, 0) is 6.54 Å². The summed E-state index contributed by atoms with van der Waals surface area (Å²) in [6.07, 6.45) is 1.37. The fourth-order valence-electron chi connectivity index (χ4n) is 3.32. The van der Waals surface area contributed by atoms with Crippen molar-refractivity contribution >= 4 is 28.3 Å². The van der Waals surface area contributed by atoms with Gasteiger partial charge in [0, 0.05) is 17.6 Å². The summed E-state index contributed by atoms with van der Waals surface area (Å²) in [7, 11) is 0. The molecule has 2 aliphatic rings. The van der Waals surface area contributed by atoms with Crippen molar-refractivity contribution in [1.29, 1.82) is 0 Å². The van der Waals surface area contributed by atoms with Gasteiger partial charge in [-0.3, -0.25) is 4.90 Å². The fourth-order valence-corrected chi connectivity index (χ4v) is 3.56. The van der Waals surface area contributed by atoms with Crippen LogP contribution in [0.1, 0.15) is 17.5 Å². The molecule has 2 fully saturated rings. The number of rotatable bonds is 2. The van der Waals surface area contributed by atoms with E-state index < -0.39 is 0 Å². The molecule has 19 heavy (non-hydrogen) atoms. The minimum absolute atomic E-state index is 0. The first-order valence-corrected chi connectivity index (χ1v) is 7.70. The highest BCUT2D eigenvalue weighted by molar-refractivity contribution is 9.10. The molecular weight excluding hydrogens is 324 g/mol. The first-order valence-electron chi connectivity index (χ1n) is 6.90. The quantitative estimate of drug-likeness (QED) is 0.885. The van der Waals surface area contributed by atoms with Gasteiger partial charge in [0.15, 0.2) is 0 Å². The van der Waals surface area contributed by atoms with Crippen molar-refractivity contribution in [3.8, 4) is 0 Å². The summed E-state index contributed by atoms with van der Waals surface area (Å²) in [5.41, 5.74) is 2.78. The van der Waals surface area contributed by atoms with Gasteiger partial charge in [-0.25, -0.2) is 0 Å². The Labute approximate surface area is 130 Å². The van der Waals surface area contributed by atoms with Crippen LogP contribution in [0.25, 0.3) is 0 Å². The summed E-state index contributed by atoms with van der Waals surface area (Å²) < 4.78 is 1.21. The van der Waals surface area contributed by atoms with Crippen molar-refractivity contribution in [2.75, 3.05) is 26.2 Å². The second-order valence-electron chi connectivity index (χ2n) is 5.79. The van der Waals surface area contributed by atoms with E-state index in [1.807, 2.05) is 0 Å². The molecule has 0 aliphatic carbocycles. The lowest BCUT2D eigenvalue weighted by Gasteiger charge is -2.34. The lowest BCUT2D eigenvalue weighted by molar-refractivity contribution is 0.142. The summed E-state index contributed by atoms with van der Waals surface area (Å²) >= 11 is 3.57. The van der Waals surface area contributed by atoms with Crippen LogP contribution in [0, 0.1) is 18.8 Å². The van der Waals surface area contributed by atoms with Gasteiger partial charge in [0.2, 0.25) is 0 Å². The molecule has 1 N–H and O–H groups in total. The Morgan fingerprint density at radius 3 is 2.89 bits per heavy atom. The molecule has 2 unspecified atom stereocenters. The maximum atomic E-state index is 3.57. The van der Waals surface area contributed by atoms with E-state index in [0.29, 0.717) is 0 Å². The van der Waals surface area contributed by atoms with Crippen LogP contribution in [0.15, 0.2) is 22.7 Å². The van der Waals surface area contributed by atoms with Crippen LogP contribution in [0.2, 0.25) is 0 Å². The van der Waals surface area contributed by atoms with Crippen molar-refractivity contribution in [3.63, 3.8) is 0 Å². The van der Waals surface area contributed by atoms with Gasteiger partial charge in [0.1, 0.15) is 0 Å². The monoisotopic (exact) mass is 344 g/mol. The summed E-state index contributed by atoms with van der Waals surface area (Å²) in [4.78, 5) is 2.62. The topological polar surface area (TPSA) is 15.3 Å². The zero-order chi connectivity index (χ0) is 12.5. The normalized spacial score (nSPS) is 26.8. The predicted octanol–water partition coefficient (Wildman–Crippen LogP) is 3.22. The average molecular weight is 346 g/mol. The van der Waals surface area contributed by atoms with Gasteiger partial charge in [0.25, 0.3) is 0 Å². The van der Waals surface area contributed by atoms with Crippen LogP contribution < -0.4 is 5.32 Å². The first-order chi connectivity index (χ1) is 8.72. The van der Waals surface area contributed by atoms with E-state index >= 15 is 0 Å². The molecule has 0 saturated carbocycles. The minimum Gasteiger partial charge on any atom is -0.316 e. The standard InChI is InChI=1S/C15H21BrN2.ClH/c1-11-6-12(2-3-15(11)16)9-18-5-4-13-7-17-8-14(13)10-18;/h2-3,6,13-14,17H,4-5,7-10H2,1H3;1H. The van der Waals surface area contributed by atoms with Crippen molar-refractivity contribution in [1.82, 2.24) is 10.2 Å². The number of hydrogen-bond acceptors (Lipinski definition) is 2. The van der Waals surface area contributed by atoms with E-state index in [1.54, 1.807) is 0 Å². The summed E-state index contributed by atoms with van der Waals surface area (Å²) in [6, 6.07) is 6.73. The van der Waals surface area contributed by atoms with Crippen molar-refractivity contribution in [2.45, 2.75) is 19.9 Å². The molecular formula is C15H22BrClN2. The van der Waals surface area contributed by atoms with Gasteiger partial charge in [-0.1, -0.05) is 28.1 Å². The number of halogens is 2. The van der Waals surface area contributed by atoms with E-state index in [4.69, 9.17) is 0 Å². The first kappa shape index (κ1) is 15.3. The molecule has 2 saturated heterocycles. The van der Waals surface area contributed by atoms with Gasteiger partial charge >= 0.3 is 0 Å². The van der Waals surface area contributed by atoms with Gasteiger partial charge in [-0.05, 0) is 62.0 Å². The molecule has 2 aliphatic heterocycles. The molecule has 0 radical (unpaired) electrons. The zero-order valence-electron chi connectivity index (χ0n) is 11.4. The Hall–Kier alpha value is -0.0900. The SMILES string of the molecule is Cc1cc(CN2CCC3CNCC3C2)ccc1Br.Cl. The Morgan fingerprint density at radius 1 is 1.32 bits per heavy atom. The third-order valence-electron chi connectivity index (χ3n) is 4.42. The van der Waals surface area contributed by atoms with Gasteiger partial charge in [-0.15, -0.1) is 12.4 Å². The number of benzene rings is 1. The minimum atomic E-state index is 0. The largest absolute Gasteiger partial charge is 0.316 e. The van der Waals surface area contributed by atoms with E-state index in [2.05, 4.69) is 51.3 Å². The van der Waals surface area contributed by atoms with Gasteiger partial charge < -0.3 is 5.32 Å². The molecule has 0 aromatic heterocycles. The van der Waals surface area contributed by atoms with Crippen LogP contribution >= 0.6 is 28.3 Å². The Bertz CT molecular complexity index is 438. The molecule has 0 spiro atoms. The molecule has 106 valence electrons. The average Bonchev–Trinajstić information content (AvgIpc) is 2.81. The maximum Gasteiger partial charge on any atom is 0.0233 e. The van der Waals surface area contributed by atoms with Crippen molar-refractivity contribution < 1.29 is 0 Å². The number of nitrogens with zero attached hydrogens (tertiary/aromatic N) is 1. The third-order valence-corrected chi connectivity index (χ3v) is 5.31. The molecule has 2 nitrogen and oxygen atoms in total. The molecule has 4 heteroatoms. The number of hydrogen-bond donors (Lipinski definition) is 1. The van der Waals surface area contributed by atoms with E-state index in [9.17, 15) is 0 Å². The fraction of sp³-hybridized carbons (Fsp3) is 0.600. The number of piperidine rings is 1. The summed E-state index contributed by atoms with van der Waals surface area (Å²) in [5, 5.41) is 3.53. The van der Waals surface area contributed by atoms with Crippen molar-refractivity contribution in [3.05, 3.63) is 33.8 Å². The Kier molecular flexibility index (Phi) is 5.29. The third kappa shape index (κ3) is 3.52. The second kappa shape index (κ2) is 6.57. The van der Waals surface area contributed by atoms with Crippen LogP contribution in [0.3, 0.4) is 0 Å². The summed E-state index contributed by atoms with van der Waals surface area (Å²) in [6.45, 7) is 8.28. The molecule has 0 amide bonds. The second-order valence-corrected chi connectivity index (χ2v) is 6.64. The van der Waals surface area contributed by atoms with Crippen LogP contribution in [0.5, 0.6) is 0 Å². The highest BCUT2D eigenvalue weighted by atomic mass is 79.9. The highest BCUT2D eigenvalue weighted by Crippen LogP contribution is 2.27. The number of likely N-dealkylation sites (tertiary alicyclic amines) is 1. The zero-order valence-corrected chi connectivity index (χ0v) is 13.8. The van der Waals surface area contributed by atoms with E-state index in [-0.39, 0.29) is 12.4 Å². The molecule has 2 atom stereocenters. The number of fused-ring (bicyclic) bond motifs is 1. The molecule has 2 heterocycles. The maximum absolute atomic E-state index is 3.57. The van der Waals surface area contributed by atoms with Crippen LogP contribution in [0.4, 0.5) is 0 Å². The number of nitrogens with one attached hydrogen (secondary N) is 1. The lowest BCUT2D eigenvalue weighted by Crippen LogP contribution is -2.39. The smallest absolute Gasteiger partial charge is 0.0233 e. The predicted molar refractivity (Wildman–Crippen MR) is 85.9 cm³/mol. The van der Waals surface area contributed by atoms with E-state index in [0.717, 1.165) is 18.4 Å². The molecule has 0 bridgehead atoms. The summed E-state index contributed by atoms with van der Waals surface area (Å²) in [5.74, 6) is 1.82. The van der Waals surface area contributed by atoms with E-state index in [1.165, 1.54) is 48.2 Å². The molecule has 3 rings (SSSR count). The Balaban J connectivity index is 0.00000133. The van der Waals surface area contributed by atoms with Crippen LogP contribution in [-0.4, -0.2) is 31.1 Å². The lowest BCUT2D eigenvalue weighted by atomic mass is 9.88. The molecule has 1 aromatic carbocycles. The van der Waals surface area contributed by atoms with Gasteiger partial charge in [-0.2, -0.15) is 0 Å².